The number of carbonyl (C=O) groups is 1. The molecule has 3 atom stereocenters. The summed E-state index contributed by atoms with van der Waals surface area (Å²) < 4.78 is 65.3. The number of hydrogen-bond acceptors (Lipinski definition) is 4. The first-order valence-corrected chi connectivity index (χ1v) is 13.7. The van der Waals surface area contributed by atoms with Crippen LogP contribution in [-0.4, -0.2) is 36.9 Å². The molecule has 33 heavy (non-hydrogen) atoms. The van der Waals surface area contributed by atoms with E-state index in [0.717, 1.165) is 44.1 Å². The molecule has 9 heteroatoms. The van der Waals surface area contributed by atoms with Gasteiger partial charge < -0.3 is 5.32 Å². The zero-order valence-electron chi connectivity index (χ0n) is 19.2. The van der Waals surface area contributed by atoms with E-state index in [1.165, 1.54) is 26.7 Å². The summed E-state index contributed by atoms with van der Waals surface area (Å²) in [5, 5.41) is 2.39. The molecule has 3 saturated carbocycles. The van der Waals surface area contributed by atoms with Crippen molar-refractivity contribution in [3.05, 3.63) is 28.6 Å². The Labute approximate surface area is 193 Å². The third-order valence-electron chi connectivity index (χ3n) is 7.45. The molecule has 0 bridgehead atoms. The lowest BCUT2D eigenvalue weighted by molar-refractivity contribution is -0.141. The number of rotatable bonds is 8. The molecule has 1 N–H and O–H groups in total. The van der Waals surface area contributed by atoms with E-state index in [1.54, 1.807) is 0 Å². The van der Waals surface area contributed by atoms with E-state index in [2.05, 4.69) is 10.3 Å². The first-order chi connectivity index (χ1) is 15.4. The summed E-state index contributed by atoms with van der Waals surface area (Å²) in [4.78, 5) is 16.5. The van der Waals surface area contributed by atoms with Gasteiger partial charge >= 0.3 is 6.18 Å². The number of aryl methyl sites for hydroxylation is 2. The van der Waals surface area contributed by atoms with Crippen LogP contribution in [0.4, 0.5) is 13.2 Å². The van der Waals surface area contributed by atoms with E-state index in [0.29, 0.717) is 12.3 Å². The summed E-state index contributed by atoms with van der Waals surface area (Å²) in [5.41, 5.74) is -0.658. The molecule has 3 unspecified atom stereocenters. The van der Waals surface area contributed by atoms with Crippen LogP contribution in [-0.2, 0) is 16.0 Å². The van der Waals surface area contributed by atoms with E-state index in [-0.39, 0.29) is 41.0 Å². The molecule has 1 heterocycles. The second-order valence-electron chi connectivity index (χ2n) is 10.4. The van der Waals surface area contributed by atoms with Crippen LogP contribution in [0.25, 0.3) is 0 Å². The van der Waals surface area contributed by atoms with Gasteiger partial charge in [0.2, 0.25) is 0 Å². The number of sulfone groups is 1. The minimum absolute atomic E-state index is 0.0213. The summed E-state index contributed by atoms with van der Waals surface area (Å²) in [6.45, 7) is 3.08. The molecule has 3 aliphatic carbocycles. The zero-order valence-corrected chi connectivity index (χ0v) is 20.1. The minimum atomic E-state index is -4.58. The maximum absolute atomic E-state index is 13.1. The van der Waals surface area contributed by atoms with Crippen molar-refractivity contribution in [2.24, 2.45) is 23.7 Å². The van der Waals surface area contributed by atoms with Crippen LogP contribution >= 0.6 is 0 Å². The van der Waals surface area contributed by atoms with E-state index < -0.39 is 32.9 Å². The van der Waals surface area contributed by atoms with Gasteiger partial charge in [-0.25, -0.2) is 13.4 Å². The average Bonchev–Trinajstić information content (AvgIpc) is 3.62. The minimum Gasteiger partial charge on any atom is -0.352 e. The normalized spacial score (nSPS) is 26.3. The number of carbonyl (C=O) groups excluding carboxylic acids is 1. The third kappa shape index (κ3) is 6.08. The highest BCUT2D eigenvalue weighted by Crippen LogP contribution is 2.43. The van der Waals surface area contributed by atoms with Crippen molar-refractivity contribution >= 4 is 15.7 Å². The molecule has 3 fully saturated rings. The summed E-state index contributed by atoms with van der Waals surface area (Å²) in [6.07, 6.45) is 3.31. The molecular formula is C24H33F3N2O3S. The Hall–Kier alpha value is -1.64. The predicted molar refractivity (Wildman–Crippen MR) is 120 cm³/mol. The van der Waals surface area contributed by atoms with Crippen LogP contribution in [0.15, 0.2) is 6.07 Å². The third-order valence-corrected chi connectivity index (χ3v) is 9.93. The molecule has 1 aromatic rings. The number of nitrogens with zero attached hydrogens (tertiary/aromatic N) is 1. The van der Waals surface area contributed by atoms with Gasteiger partial charge in [0.25, 0.3) is 5.91 Å². The molecule has 0 spiro atoms. The highest BCUT2D eigenvalue weighted by atomic mass is 32.2. The quantitative estimate of drug-likeness (QED) is 0.570. The monoisotopic (exact) mass is 486 g/mol. The summed E-state index contributed by atoms with van der Waals surface area (Å²) >= 11 is 0. The van der Waals surface area contributed by atoms with Gasteiger partial charge in [-0.05, 0) is 87.7 Å². The van der Waals surface area contributed by atoms with Crippen LogP contribution in [0.3, 0.4) is 0 Å². The van der Waals surface area contributed by atoms with E-state index in [4.69, 9.17) is 0 Å². The molecule has 184 valence electrons. The van der Waals surface area contributed by atoms with Crippen LogP contribution in [0.1, 0.15) is 78.7 Å². The number of hydrogen-bond donors (Lipinski definition) is 1. The highest BCUT2D eigenvalue weighted by Gasteiger charge is 2.42. The van der Waals surface area contributed by atoms with E-state index >= 15 is 0 Å². The lowest BCUT2D eigenvalue weighted by Gasteiger charge is -2.36. The largest absolute Gasteiger partial charge is 0.433 e. The predicted octanol–water partition coefficient (Wildman–Crippen LogP) is 4.86. The van der Waals surface area contributed by atoms with Crippen molar-refractivity contribution in [3.63, 3.8) is 0 Å². The first-order valence-electron chi connectivity index (χ1n) is 12.0. The Bertz CT molecular complexity index is 978. The maximum Gasteiger partial charge on any atom is 0.433 e. The molecule has 0 aromatic carbocycles. The van der Waals surface area contributed by atoms with Gasteiger partial charge in [0.1, 0.15) is 5.69 Å². The number of halogens is 3. The van der Waals surface area contributed by atoms with Gasteiger partial charge in [-0.1, -0.05) is 12.8 Å². The molecule has 4 rings (SSSR count). The fourth-order valence-corrected chi connectivity index (χ4v) is 7.96. The molecular weight excluding hydrogens is 453 g/mol. The molecule has 1 amide bonds. The standard InChI is InChI=1S/C24H33F3N2O3S/c1-14-9-21(24(25,26)27)29-15(2)22(14)23(30)28-12-19-11-18(10-16-3-4-16)7-8-20(19)33(31,32)13-17-5-6-17/h9,16-20H,3-8,10-13H2,1-2H3,(H,28,30). The number of aromatic nitrogens is 1. The van der Waals surface area contributed by atoms with Gasteiger partial charge in [0, 0.05) is 6.54 Å². The van der Waals surface area contributed by atoms with Crippen LogP contribution in [0.5, 0.6) is 0 Å². The van der Waals surface area contributed by atoms with Crippen molar-refractivity contribution in [1.82, 2.24) is 10.3 Å². The van der Waals surface area contributed by atoms with Gasteiger partial charge in [-0.2, -0.15) is 13.2 Å². The van der Waals surface area contributed by atoms with Gasteiger partial charge in [-0.15, -0.1) is 0 Å². The fraction of sp³-hybridized carbons (Fsp3) is 0.750. The summed E-state index contributed by atoms with van der Waals surface area (Å²) in [7, 11) is -3.25. The average molecular weight is 487 g/mol. The number of pyridine rings is 1. The van der Waals surface area contributed by atoms with Crippen molar-refractivity contribution < 1.29 is 26.4 Å². The van der Waals surface area contributed by atoms with E-state index in [1.807, 2.05) is 0 Å². The fourth-order valence-electron chi connectivity index (χ4n) is 5.43. The summed E-state index contributed by atoms with van der Waals surface area (Å²) in [5.74, 6) is 1.08. The van der Waals surface area contributed by atoms with Crippen LogP contribution in [0.2, 0.25) is 0 Å². The van der Waals surface area contributed by atoms with Crippen molar-refractivity contribution in [2.45, 2.75) is 76.6 Å². The Morgan fingerprint density at radius 3 is 2.27 bits per heavy atom. The van der Waals surface area contributed by atoms with Gasteiger partial charge in [-0.3, -0.25) is 4.79 Å². The molecule has 1 aromatic heterocycles. The Morgan fingerprint density at radius 2 is 1.70 bits per heavy atom. The lowest BCUT2D eigenvalue weighted by Crippen LogP contribution is -2.43. The second kappa shape index (κ2) is 9.19. The highest BCUT2D eigenvalue weighted by molar-refractivity contribution is 7.92. The molecule has 0 radical (unpaired) electrons. The number of nitrogens with one attached hydrogen (secondary N) is 1. The SMILES string of the molecule is Cc1cc(C(F)(F)F)nc(C)c1C(=O)NCC1CC(CC2CC2)CCC1S(=O)(=O)CC1CC1. The van der Waals surface area contributed by atoms with Crippen molar-refractivity contribution in [3.8, 4) is 0 Å². The maximum atomic E-state index is 13.1. The van der Waals surface area contributed by atoms with Crippen molar-refractivity contribution in [2.75, 3.05) is 12.3 Å². The Balaban J connectivity index is 1.47. The zero-order chi connectivity index (χ0) is 24.0. The molecule has 5 nitrogen and oxygen atoms in total. The second-order valence-corrected chi connectivity index (χ2v) is 12.7. The molecule has 3 aliphatic rings. The van der Waals surface area contributed by atoms with Crippen LogP contribution in [0, 0.1) is 37.5 Å². The summed E-state index contributed by atoms with van der Waals surface area (Å²) in [6, 6.07) is 0.886. The van der Waals surface area contributed by atoms with Crippen LogP contribution < -0.4 is 5.32 Å². The Morgan fingerprint density at radius 1 is 1.06 bits per heavy atom. The molecule has 0 saturated heterocycles. The molecule has 0 aliphatic heterocycles. The van der Waals surface area contributed by atoms with E-state index in [9.17, 15) is 26.4 Å². The van der Waals surface area contributed by atoms with Gasteiger partial charge in [0.15, 0.2) is 9.84 Å². The topological polar surface area (TPSA) is 76.1 Å². The smallest absolute Gasteiger partial charge is 0.352 e. The lowest BCUT2D eigenvalue weighted by atomic mass is 9.78. The van der Waals surface area contributed by atoms with Crippen molar-refractivity contribution in [1.29, 1.82) is 0 Å². The number of alkyl halides is 3. The number of amides is 1. The Kier molecular flexibility index (Phi) is 6.82. The van der Waals surface area contributed by atoms with Gasteiger partial charge in [0.05, 0.1) is 22.3 Å². The first kappa shape index (κ1) is 24.5.